The minimum Gasteiger partial charge on any atom is -0.465 e. The molecule has 0 bridgehead atoms. The lowest BCUT2D eigenvalue weighted by Crippen LogP contribution is -2.09. The molecule has 1 rings (SSSR count). The van der Waals surface area contributed by atoms with E-state index in [4.69, 9.17) is 10.8 Å². The topological polar surface area (TPSA) is 75.3 Å². The Balaban J connectivity index is 2.93. The molecular weight excluding hydrogens is 163 g/mol. The molecule has 1 aromatic rings. The van der Waals surface area contributed by atoms with Crippen molar-refractivity contribution in [3.63, 3.8) is 0 Å². The zero-order valence-corrected chi connectivity index (χ0v) is 6.04. The van der Waals surface area contributed by atoms with Crippen LogP contribution in [0, 0.1) is 5.82 Å². The maximum atomic E-state index is 12.4. The van der Waals surface area contributed by atoms with Crippen molar-refractivity contribution in [1.82, 2.24) is 0 Å². The molecule has 4 N–H and O–H groups in total. The van der Waals surface area contributed by atoms with Crippen molar-refractivity contribution < 1.29 is 14.3 Å². The first-order chi connectivity index (χ1) is 5.59. The summed E-state index contributed by atoms with van der Waals surface area (Å²) in [6.45, 7) is 0. The van der Waals surface area contributed by atoms with Crippen LogP contribution >= 0.6 is 0 Å². The quantitative estimate of drug-likeness (QED) is 0.559. The van der Waals surface area contributed by atoms with Crippen molar-refractivity contribution in [1.29, 1.82) is 0 Å². The minimum atomic E-state index is -1.23. The van der Waals surface area contributed by atoms with Crippen LogP contribution in [-0.2, 0) is 0 Å². The molecule has 64 valence electrons. The van der Waals surface area contributed by atoms with E-state index >= 15 is 0 Å². The summed E-state index contributed by atoms with van der Waals surface area (Å²) in [5, 5.41) is 10.3. The molecule has 1 aromatic carbocycles. The Hall–Kier alpha value is -1.78. The monoisotopic (exact) mass is 170 g/mol. The maximum Gasteiger partial charge on any atom is 0.409 e. The van der Waals surface area contributed by atoms with E-state index in [2.05, 4.69) is 0 Å². The van der Waals surface area contributed by atoms with E-state index in [0.717, 1.165) is 12.1 Å². The number of halogens is 1. The number of carboxylic acid groups (broad SMARTS) is 1. The Kier molecular flexibility index (Phi) is 2.14. The summed E-state index contributed by atoms with van der Waals surface area (Å²) in [6.07, 6.45) is -1.23. The zero-order chi connectivity index (χ0) is 9.14. The molecule has 0 aliphatic rings. The van der Waals surface area contributed by atoms with Gasteiger partial charge in [0.15, 0.2) is 0 Å². The molecule has 0 unspecified atom stereocenters. The second kappa shape index (κ2) is 3.08. The van der Waals surface area contributed by atoms with Gasteiger partial charge in [0.2, 0.25) is 0 Å². The summed E-state index contributed by atoms with van der Waals surface area (Å²) in [4.78, 5) is 10.1. The van der Waals surface area contributed by atoms with E-state index in [-0.39, 0.29) is 11.4 Å². The second-order valence-corrected chi connectivity index (χ2v) is 2.16. The third-order valence-electron chi connectivity index (χ3n) is 1.26. The Morgan fingerprint density at radius 1 is 1.58 bits per heavy atom. The number of nitrogens with two attached hydrogens (primary N) is 1. The van der Waals surface area contributed by atoms with E-state index < -0.39 is 11.9 Å². The van der Waals surface area contributed by atoms with Gasteiger partial charge in [-0.05, 0) is 18.2 Å². The standard InChI is InChI=1S/C7H7FN2O2/c8-4-1-2-6(5(9)3-4)10-7(11)12/h1-3,10H,9H2,(H,11,12). The molecule has 0 radical (unpaired) electrons. The molecule has 0 fully saturated rings. The van der Waals surface area contributed by atoms with Gasteiger partial charge in [0.25, 0.3) is 0 Å². The third kappa shape index (κ3) is 1.85. The first kappa shape index (κ1) is 8.32. The normalized spacial score (nSPS) is 9.42. The van der Waals surface area contributed by atoms with Crippen molar-refractivity contribution in [2.24, 2.45) is 0 Å². The van der Waals surface area contributed by atoms with Gasteiger partial charge in [-0.3, -0.25) is 5.32 Å². The number of rotatable bonds is 1. The molecule has 0 spiro atoms. The predicted octanol–water partition coefficient (Wildman–Crippen LogP) is 1.50. The van der Waals surface area contributed by atoms with Crippen LogP contribution in [0.3, 0.4) is 0 Å². The predicted molar refractivity (Wildman–Crippen MR) is 42.5 cm³/mol. The van der Waals surface area contributed by atoms with E-state index in [1.165, 1.54) is 6.07 Å². The number of nitrogen functional groups attached to an aromatic ring is 1. The second-order valence-electron chi connectivity index (χ2n) is 2.16. The van der Waals surface area contributed by atoms with Crippen molar-refractivity contribution in [3.8, 4) is 0 Å². The van der Waals surface area contributed by atoms with Crippen LogP contribution in [0.2, 0.25) is 0 Å². The molecule has 0 aliphatic heterocycles. The highest BCUT2D eigenvalue weighted by atomic mass is 19.1. The Labute approximate surface area is 67.8 Å². The van der Waals surface area contributed by atoms with Crippen LogP contribution in [0.1, 0.15) is 0 Å². The molecule has 0 atom stereocenters. The molecular formula is C7H7FN2O2. The molecule has 0 heterocycles. The van der Waals surface area contributed by atoms with E-state index in [1.807, 2.05) is 5.32 Å². The highest BCUT2D eigenvalue weighted by Crippen LogP contribution is 2.18. The summed E-state index contributed by atoms with van der Waals surface area (Å²) in [7, 11) is 0. The highest BCUT2D eigenvalue weighted by molar-refractivity contribution is 5.87. The van der Waals surface area contributed by atoms with Crippen molar-refractivity contribution >= 4 is 17.5 Å². The Morgan fingerprint density at radius 2 is 2.25 bits per heavy atom. The number of hydrogen-bond acceptors (Lipinski definition) is 2. The van der Waals surface area contributed by atoms with Gasteiger partial charge in [-0.25, -0.2) is 9.18 Å². The van der Waals surface area contributed by atoms with Crippen LogP contribution in [0.4, 0.5) is 20.6 Å². The van der Waals surface area contributed by atoms with Gasteiger partial charge in [-0.15, -0.1) is 0 Å². The van der Waals surface area contributed by atoms with Gasteiger partial charge < -0.3 is 10.8 Å². The van der Waals surface area contributed by atoms with E-state index in [0.29, 0.717) is 0 Å². The van der Waals surface area contributed by atoms with Gasteiger partial charge >= 0.3 is 6.09 Å². The average molecular weight is 170 g/mol. The smallest absolute Gasteiger partial charge is 0.409 e. The Bertz CT molecular complexity index is 314. The first-order valence-electron chi connectivity index (χ1n) is 3.14. The molecule has 1 amide bonds. The largest absolute Gasteiger partial charge is 0.465 e. The summed E-state index contributed by atoms with van der Waals surface area (Å²) in [5.41, 5.74) is 5.56. The molecule has 0 aromatic heterocycles. The fourth-order valence-corrected chi connectivity index (χ4v) is 0.763. The highest BCUT2D eigenvalue weighted by Gasteiger charge is 2.02. The SMILES string of the molecule is Nc1cc(F)ccc1NC(=O)O. The zero-order valence-electron chi connectivity index (χ0n) is 6.04. The number of hydrogen-bond donors (Lipinski definition) is 3. The molecule has 5 heteroatoms. The molecule has 4 nitrogen and oxygen atoms in total. The summed E-state index contributed by atoms with van der Waals surface area (Å²) in [5.74, 6) is -0.497. The van der Waals surface area contributed by atoms with Crippen LogP contribution in [0.15, 0.2) is 18.2 Å². The molecule has 12 heavy (non-hydrogen) atoms. The van der Waals surface area contributed by atoms with Crippen molar-refractivity contribution in [3.05, 3.63) is 24.0 Å². The van der Waals surface area contributed by atoms with Gasteiger partial charge in [0.1, 0.15) is 5.82 Å². The van der Waals surface area contributed by atoms with Crippen molar-refractivity contribution in [2.45, 2.75) is 0 Å². The number of nitrogens with one attached hydrogen (secondary N) is 1. The lowest BCUT2D eigenvalue weighted by atomic mass is 10.2. The summed E-state index contributed by atoms with van der Waals surface area (Å²) in [6, 6.07) is 3.44. The van der Waals surface area contributed by atoms with Gasteiger partial charge in [0, 0.05) is 0 Å². The van der Waals surface area contributed by atoms with Crippen LogP contribution < -0.4 is 11.1 Å². The first-order valence-corrected chi connectivity index (χ1v) is 3.14. The van der Waals surface area contributed by atoms with Crippen LogP contribution in [0.5, 0.6) is 0 Å². The average Bonchev–Trinajstić information content (AvgIpc) is 1.94. The minimum absolute atomic E-state index is 0.0670. The number of amides is 1. The molecule has 0 saturated carbocycles. The lowest BCUT2D eigenvalue weighted by Gasteiger charge is -2.03. The third-order valence-corrected chi connectivity index (χ3v) is 1.26. The lowest BCUT2D eigenvalue weighted by molar-refractivity contribution is 0.210. The molecule has 0 saturated heterocycles. The van der Waals surface area contributed by atoms with Crippen LogP contribution in [-0.4, -0.2) is 11.2 Å². The maximum absolute atomic E-state index is 12.4. The van der Waals surface area contributed by atoms with Gasteiger partial charge in [0.05, 0.1) is 11.4 Å². The fraction of sp³-hybridized carbons (Fsp3) is 0. The van der Waals surface area contributed by atoms with Gasteiger partial charge in [-0.1, -0.05) is 0 Å². The van der Waals surface area contributed by atoms with E-state index in [9.17, 15) is 9.18 Å². The van der Waals surface area contributed by atoms with E-state index in [1.54, 1.807) is 0 Å². The van der Waals surface area contributed by atoms with Crippen molar-refractivity contribution in [2.75, 3.05) is 11.1 Å². The fourth-order valence-electron chi connectivity index (χ4n) is 0.763. The number of carbonyl (C=O) groups is 1. The van der Waals surface area contributed by atoms with Gasteiger partial charge in [-0.2, -0.15) is 0 Å². The summed E-state index contributed by atoms with van der Waals surface area (Å²) < 4.78 is 12.4. The number of benzene rings is 1. The van der Waals surface area contributed by atoms with Crippen LogP contribution in [0.25, 0.3) is 0 Å². The Morgan fingerprint density at radius 3 is 2.75 bits per heavy atom. The number of anilines is 2. The molecule has 0 aliphatic carbocycles. The summed E-state index contributed by atoms with van der Waals surface area (Å²) >= 11 is 0.